The Morgan fingerprint density at radius 1 is 1.19 bits per heavy atom. The molecule has 1 amide bonds. The van der Waals surface area contributed by atoms with E-state index in [2.05, 4.69) is 24.1 Å². The number of nitrogens with zero attached hydrogens (tertiary/aromatic N) is 2. The van der Waals surface area contributed by atoms with Crippen LogP contribution in [0.25, 0.3) is 6.08 Å². The number of methoxy groups -OCH3 is 1. The third-order valence-electron chi connectivity index (χ3n) is 4.31. The van der Waals surface area contributed by atoms with Crippen LogP contribution in [-0.2, 0) is 11.3 Å². The molecule has 5 nitrogen and oxygen atoms in total. The first-order valence-electron chi connectivity index (χ1n) is 8.99. The molecule has 0 aliphatic rings. The maximum atomic E-state index is 12.4. The zero-order valence-electron chi connectivity index (χ0n) is 16.0. The molecule has 0 aliphatic carbocycles. The minimum Gasteiger partial charge on any atom is -0.496 e. The Kier molecular flexibility index (Phi) is 7.45. The van der Waals surface area contributed by atoms with Crippen molar-refractivity contribution in [1.82, 2.24) is 5.32 Å². The second kappa shape index (κ2) is 10.0. The molecule has 27 heavy (non-hydrogen) atoms. The molecule has 5 heteroatoms. The fourth-order valence-corrected chi connectivity index (χ4v) is 2.78. The highest BCUT2D eigenvalue weighted by Gasteiger charge is 2.12. The van der Waals surface area contributed by atoms with Crippen molar-refractivity contribution in [3.8, 4) is 11.8 Å². The smallest absolute Gasteiger partial charge is 0.262 e. The number of hydrogen-bond acceptors (Lipinski definition) is 4. The number of rotatable bonds is 8. The summed E-state index contributed by atoms with van der Waals surface area (Å²) in [7, 11) is 1.58. The summed E-state index contributed by atoms with van der Waals surface area (Å²) >= 11 is 0. The number of nitriles is 1. The topological polar surface area (TPSA) is 65.4 Å². The van der Waals surface area contributed by atoms with Crippen LogP contribution in [0.4, 0.5) is 5.69 Å². The van der Waals surface area contributed by atoms with Crippen LogP contribution >= 0.6 is 0 Å². The first-order chi connectivity index (χ1) is 13.1. The summed E-state index contributed by atoms with van der Waals surface area (Å²) in [6.45, 7) is 6.33. The molecular formula is C22H25N3O2. The molecule has 0 saturated heterocycles. The molecule has 0 aliphatic heterocycles. The van der Waals surface area contributed by atoms with Crippen molar-refractivity contribution in [2.24, 2.45) is 0 Å². The quantitative estimate of drug-likeness (QED) is 0.573. The number of ether oxygens (including phenoxy) is 1. The van der Waals surface area contributed by atoms with Crippen molar-refractivity contribution in [2.45, 2.75) is 20.4 Å². The van der Waals surface area contributed by atoms with Gasteiger partial charge in [0.1, 0.15) is 17.4 Å². The van der Waals surface area contributed by atoms with E-state index in [4.69, 9.17) is 4.74 Å². The number of anilines is 1. The van der Waals surface area contributed by atoms with E-state index in [9.17, 15) is 10.1 Å². The molecule has 0 atom stereocenters. The Hall–Kier alpha value is -3.26. The first-order valence-corrected chi connectivity index (χ1v) is 8.99. The van der Waals surface area contributed by atoms with Crippen LogP contribution in [0.15, 0.2) is 54.1 Å². The Bertz CT molecular complexity index is 834. The molecule has 140 valence electrons. The van der Waals surface area contributed by atoms with Crippen LogP contribution in [0.5, 0.6) is 5.75 Å². The maximum absolute atomic E-state index is 12.4. The molecule has 0 unspecified atom stereocenters. The third kappa shape index (κ3) is 5.35. The molecule has 0 fully saturated rings. The lowest BCUT2D eigenvalue weighted by molar-refractivity contribution is -0.117. The molecule has 2 rings (SSSR count). The Labute approximate surface area is 160 Å². The average Bonchev–Trinajstić information content (AvgIpc) is 2.72. The zero-order valence-corrected chi connectivity index (χ0v) is 16.0. The fraction of sp³-hybridized carbons (Fsp3) is 0.273. The fourth-order valence-electron chi connectivity index (χ4n) is 2.78. The van der Waals surface area contributed by atoms with Gasteiger partial charge < -0.3 is 15.0 Å². The van der Waals surface area contributed by atoms with E-state index in [0.29, 0.717) is 17.9 Å². The van der Waals surface area contributed by atoms with Gasteiger partial charge in [-0.3, -0.25) is 4.79 Å². The zero-order chi connectivity index (χ0) is 19.6. The van der Waals surface area contributed by atoms with Crippen LogP contribution < -0.4 is 15.0 Å². The number of carbonyl (C=O) groups is 1. The molecule has 0 heterocycles. The van der Waals surface area contributed by atoms with Gasteiger partial charge in [0.05, 0.1) is 7.11 Å². The predicted molar refractivity (Wildman–Crippen MR) is 108 cm³/mol. The summed E-state index contributed by atoms with van der Waals surface area (Å²) in [4.78, 5) is 14.6. The molecule has 0 radical (unpaired) electrons. The van der Waals surface area contributed by atoms with Crippen molar-refractivity contribution in [2.75, 3.05) is 25.1 Å². The van der Waals surface area contributed by atoms with Crippen LogP contribution in [0.1, 0.15) is 25.0 Å². The summed E-state index contributed by atoms with van der Waals surface area (Å²) in [6, 6.07) is 17.3. The van der Waals surface area contributed by atoms with Gasteiger partial charge >= 0.3 is 0 Å². The van der Waals surface area contributed by atoms with Crippen molar-refractivity contribution >= 4 is 17.7 Å². The summed E-state index contributed by atoms with van der Waals surface area (Å²) in [5, 5.41) is 12.2. The van der Waals surface area contributed by atoms with Crippen LogP contribution in [0.2, 0.25) is 0 Å². The minimum absolute atomic E-state index is 0.0415. The maximum Gasteiger partial charge on any atom is 0.262 e. The Balaban J connectivity index is 2.20. The number of hydrogen-bond donors (Lipinski definition) is 1. The molecule has 2 aromatic carbocycles. The van der Waals surface area contributed by atoms with E-state index in [-0.39, 0.29) is 5.57 Å². The lowest BCUT2D eigenvalue weighted by Gasteiger charge is -2.22. The molecule has 0 aromatic heterocycles. The van der Waals surface area contributed by atoms with Crippen molar-refractivity contribution in [3.63, 3.8) is 0 Å². The van der Waals surface area contributed by atoms with Crippen LogP contribution in [0, 0.1) is 11.3 Å². The minimum atomic E-state index is -0.406. The van der Waals surface area contributed by atoms with E-state index in [0.717, 1.165) is 24.3 Å². The van der Waals surface area contributed by atoms with Crippen molar-refractivity contribution in [3.05, 3.63) is 65.2 Å². The van der Waals surface area contributed by atoms with Gasteiger partial charge in [-0.15, -0.1) is 0 Å². The van der Waals surface area contributed by atoms with Crippen LogP contribution in [-0.4, -0.2) is 26.1 Å². The second-order valence-corrected chi connectivity index (χ2v) is 5.94. The normalized spacial score (nSPS) is 10.8. The third-order valence-corrected chi connectivity index (χ3v) is 4.31. The highest BCUT2D eigenvalue weighted by molar-refractivity contribution is 6.02. The van der Waals surface area contributed by atoms with Crippen molar-refractivity contribution < 1.29 is 9.53 Å². The van der Waals surface area contributed by atoms with E-state index in [1.807, 2.05) is 54.6 Å². The van der Waals surface area contributed by atoms with Gasteiger partial charge in [-0.2, -0.15) is 5.26 Å². The van der Waals surface area contributed by atoms with Gasteiger partial charge in [0.2, 0.25) is 0 Å². The monoisotopic (exact) mass is 363 g/mol. The molecular weight excluding hydrogens is 338 g/mol. The van der Waals surface area contributed by atoms with E-state index in [1.54, 1.807) is 13.2 Å². The highest BCUT2D eigenvalue weighted by atomic mass is 16.5. The molecule has 0 bridgehead atoms. The van der Waals surface area contributed by atoms with E-state index in [1.165, 1.54) is 0 Å². The SMILES string of the molecule is CCN(CC)c1ccc(/C=C(\C#N)C(=O)NCc2ccccc2)c(OC)c1. The lowest BCUT2D eigenvalue weighted by atomic mass is 10.1. The van der Waals surface area contributed by atoms with Gasteiger partial charge in [0.25, 0.3) is 5.91 Å². The largest absolute Gasteiger partial charge is 0.496 e. The summed E-state index contributed by atoms with van der Waals surface area (Å²) in [6.07, 6.45) is 1.56. The highest BCUT2D eigenvalue weighted by Crippen LogP contribution is 2.27. The second-order valence-electron chi connectivity index (χ2n) is 5.94. The van der Waals surface area contributed by atoms with Crippen LogP contribution in [0.3, 0.4) is 0 Å². The molecule has 0 spiro atoms. The predicted octanol–water partition coefficient (Wildman–Crippen LogP) is 3.76. The van der Waals surface area contributed by atoms with Gasteiger partial charge in [-0.05, 0) is 37.6 Å². The van der Waals surface area contributed by atoms with Gasteiger partial charge in [0, 0.05) is 37.0 Å². The molecule has 2 aromatic rings. The number of nitrogens with one attached hydrogen (secondary N) is 1. The number of carbonyl (C=O) groups excluding carboxylic acids is 1. The molecule has 0 saturated carbocycles. The van der Waals surface area contributed by atoms with E-state index < -0.39 is 5.91 Å². The van der Waals surface area contributed by atoms with Gasteiger partial charge in [-0.25, -0.2) is 0 Å². The summed E-state index contributed by atoms with van der Waals surface area (Å²) in [5.41, 5.74) is 2.75. The molecule has 1 N–H and O–H groups in total. The van der Waals surface area contributed by atoms with Gasteiger partial charge in [-0.1, -0.05) is 30.3 Å². The van der Waals surface area contributed by atoms with Gasteiger partial charge in [0.15, 0.2) is 0 Å². The average molecular weight is 363 g/mol. The Morgan fingerprint density at radius 2 is 1.89 bits per heavy atom. The standard InChI is InChI=1S/C22H25N3O2/c1-4-25(5-2)20-12-11-18(21(14-20)27-3)13-19(15-23)22(26)24-16-17-9-7-6-8-10-17/h6-14H,4-5,16H2,1-3H3,(H,24,26)/b19-13+. The lowest BCUT2D eigenvalue weighted by Crippen LogP contribution is -2.24. The number of amides is 1. The summed E-state index contributed by atoms with van der Waals surface area (Å²) in [5.74, 6) is 0.222. The van der Waals surface area contributed by atoms with Crippen molar-refractivity contribution in [1.29, 1.82) is 5.26 Å². The Morgan fingerprint density at radius 3 is 2.48 bits per heavy atom. The first kappa shape index (κ1) is 20.1. The van der Waals surface area contributed by atoms with E-state index >= 15 is 0 Å². The summed E-state index contributed by atoms with van der Waals surface area (Å²) < 4.78 is 5.47. The number of benzene rings is 2.